The minimum atomic E-state index is -3.86. The van der Waals surface area contributed by atoms with E-state index in [1.807, 2.05) is 6.92 Å². The first-order valence-electron chi connectivity index (χ1n) is 6.93. The molecule has 0 spiro atoms. The lowest BCUT2D eigenvalue weighted by atomic mass is 10.2. The van der Waals surface area contributed by atoms with Crippen molar-refractivity contribution in [2.75, 3.05) is 12.4 Å². The van der Waals surface area contributed by atoms with Crippen LogP contribution >= 0.6 is 11.8 Å². The Morgan fingerprint density at radius 3 is 2.30 bits per heavy atom. The number of hydrogen-bond acceptors (Lipinski definition) is 6. The summed E-state index contributed by atoms with van der Waals surface area (Å²) >= 11 is 1.35. The van der Waals surface area contributed by atoms with E-state index in [-0.39, 0.29) is 23.0 Å². The second-order valence-corrected chi connectivity index (χ2v) is 7.72. The Labute approximate surface area is 140 Å². The molecule has 0 aliphatic carbocycles. The summed E-state index contributed by atoms with van der Waals surface area (Å²) in [7, 11) is -3.86. The lowest BCUT2D eigenvalue weighted by molar-refractivity contribution is 0.129. The SMILES string of the molecule is Cc1ccc(S(=O)(=O)OCC(O)CSc2ccc(O)cc2)cc1. The Morgan fingerprint density at radius 1 is 1.09 bits per heavy atom. The van der Waals surface area contributed by atoms with Crippen LogP contribution < -0.4 is 0 Å². The van der Waals surface area contributed by atoms with Crippen molar-refractivity contribution in [1.29, 1.82) is 0 Å². The fourth-order valence-electron chi connectivity index (χ4n) is 1.72. The molecule has 7 heteroatoms. The molecule has 0 saturated heterocycles. The fourth-order valence-corrected chi connectivity index (χ4v) is 3.48. The maximum atomic E-state index is 12.0. The van der Waals surface area contributed by atoms with Crippen molar-refractivity contribution in [3.05, 3.63) is 54.1 Å². The number of phenols is 1. The highest BCUT2D eigenvalue weighted by molar-refractivity contribution is 7.99. The molecule has 0 aliphatic rings. The normalized spacial score (nSPS) is 13.0. The highest BCUT2D eigenvalue weighted by Gasteiger charge is 2.17. The molecule has 0 radical (unpaired) electrons. The van der Waals surface area contributed by atoms with Crippen molar-refractivity contribution in [2.24, 2.45) is 0 Å². The van der Waals surface area contributed by atoms with E-state index < -0.39 is 16.2 Å². The number of aliphatic hydroxyl groups is 1. The molecule has 0 aromatic heterocycles. The van der Waals surface area contributed by atoms with Gasteiger partial charge in [-0.2, -0.15) is 8.42 Å². The van der Waals surface area contributed by atoms with Crippen LogP contribution in [0.3, 0.4) is 0 Å². The molecular formula is C16H18O5S2. The van der Waals surface area contributed by atoms with Crippen molar-refractivity contribution in [3.8, 4) is 5.75 Å². The molecule has 0 saturated carbocycles. The fraction of sp³-hybridized carbons (Fsp3) is 0.250. The van der Waals surface area contributed by atoms with Crippen molar-refractivity contribution >= 4 is 21.9 Å². The maximum Gasteiger partial charge on any atom is 0.297 e. The minimum absolute atomic E-state index is 0.0708. The summed E-state index contributed by atoms with van der Waals surface area (Å²) < 4.78 is 28.9. The lowest BCUT2D eigenvalue weighted by Gasteiger charge is -2.11. The number of benzene rings is 2. The number of rotatable bonds is 7. The molecule has 2 N–H and O–H groups in total. The number of thioether (sulfide) groups is 1. The summed E-state index contributed by atoms with van der Waals surface area (Å²) in [6, 6.07) is 12.9. The number of aryl methyl sites for hydroxylation is 1. The zero-order valence-corrected chi connectivity index (χ0v) is 14.2. The van der Waals surface area contributed by atoms with E-state index in [1.54, 1.807) is 36.4 Å². The molecular weight excluding hydrogens is 336 g/mol. The van der Waals surface area contributed by atoms with Crippen molar-refractivity contribution in [1.82, 2.24) is 0 Å². The van der Waals surface area contributed by atoms with Gasteiger partial charge >= 0.3 is 0 Å². The van der Waals surface area contributed by atoms with E-state index in [1.165, 1.54) is 23.9 Å². The Bertz CT molecular complexity index is 724. The lowest BCUT2D eigenvalue weighted by Crippen LogP contribution is -2.21. The second-order valence-electron chi connectivity index (χ2n) is 5.01. The molecule has 124 valence electrons. The number of aromatic hydroxyl groups is 1. The van der Waals surface area contributed by atoms with Crippen molar-refractivity contribution in [3.63, 3.8) is 0 Å². The van der Waals surface area contributed by atoms with E-state index in [0.717, 1.165) is 10.5 Å². The molecule has 2 rings (SSSR count). The number of aliphatic hydroxyl groups excluding tert-OH is 1. The van der Waals surface area contributed by atoms with Gasteiger partial charge in [-0.3, -0.25) is 4.18 Å². The summed E-state index contributed by atoms with van der Waals surface area (Å²) in [4.78, 5) is 0.935. The Kier molecular flexibility index (Phi) is 6.06. The third kappa shape index (κ3) is 5.54. The average Bonchev–Trinajstić information content (AvgIpc) is 2.53. The van der Waals surface area contributed by atoms with Gasteiger partial charge in [-0.15, -0.1) is 11.8 Å². The van der Waals surface area contributed by atoms with Gasteiger partial charge in [0.15, 0.2) is 0 Å². The van der Waals surface area contributed by atoms with Gasteiger partial charge in [0, 0.05) is 10.6 Å². The van der Waals surface area contributed by atoms with E-state index in [2.05, 4.69) is 0 Å². The predicted octanol–water partition coefficient (Wildman–Crippen LogP) is 2.56. The van der Waals surface area contributed by atoms with Crippen LogP contribution in [-0.4, -0.2) is 37.1 Å². The van der Waals surface area contributed by atoms with Gasteiger partial charge in [-0.05, 0) is 43.3 Å². The summed E-state index contributed by atoms with van der Waals surface area (Å²) in [5.74, 6) is 0.455. The largest absolute Gasteiger partial charge is 0.508 e. The number of hydrogen-bond donors (Lipinski definition) is 2. The van der Waals surface area contributed by atoms with Crippen molar-refractivity contribution < 1.29 is 22.8 Å². The van der Waals surface area contributed by atoms with Gasteiger partial charge in [0.25, 0.3) is 10.1 Å². The topological polar surface area (TPSA) is 83.8 Å². The Balaban J connectivity index is 1.84. The van der Waals surface area contributed by atoms with Crippen LogP contribution in [0.15, 0.2) is 58.3 Å². The molecule has 2 aromatic carbocycles. The zero-order chi connectivity index (χ0) is 16.9. The van der Waals surface area contributed by atoms with E-state index in [4.69, 9.17) is 4.18 Å². The molecule has 0 fully saturated rings. The summed E-state index contributed by atoms with van der Waals surface area (Å²) in [5, 5.41) is 19.0. The average molecular weight is 354 g/mol. The molecule has 2 aromatic rings. The van der Waals surface area contributed by atoms with E-state index in [0.29, 0.717) is 0 Å². The quantitative estimate of drug-likeness (QED) is 0.587. The third-order valence-corrected chi connectivity index (χ3v) is 5.46. The van der Waals surface area contributed by atoms with Gasteiger partial charge in [-0.25, -0.2) is 0 Å². The molecule has 1 atom stereocenters. The molecule has 5 nitrogen and oxygen atoms in total. The number of phenolic OH excluding ortho intramolecular Hbond substituents is 1. The second kappa shape index (κ2) is 7.83. The monoisotopic (exact) mass is 354 g/mol. The highest BCUT2D eigenvalue weighted by atomic mass is 32.2. The van der Waals surface area contributed by atoms with Crippen LogP contribution in [0, 0.1) is 6.92 Å². The molecule has 0 heterocycles. The van der Waals surface area contributed by atoms with Gasteiger partial charge in [0.2, 0.25) is 0 Å². The van der Waals surface area contributed by atoms with Gasteiger partial charge in [0.05, 0.1) is 17.6 Å². The first-order chi connectivity index (χ1) is 10.9. The maximum absolute atomic E-state index is 12.0. The predicted molar refractivity (Wildman–Crippen MR) is 89.2 cm³/mol. The van der Waals surface area contributed by atoms with Crippen LogP contribution in [0.2, 0.25) is 0 Å². The minimum Gasteiger partial charge on any atom is -0.508 e. The van der Waals surface area contributed by atoms with Gasteiger partial charge in [-0.1, -0.05) is 17.7 Å². The highest BCUT2D eigenvalue weighted by Crippen LogP contribution is 2.22. The molecule has 0 amide bonds. The van der Waals surface area contributed by atoms with Gasteiger partial charge < -0.3 is 10.2 Å². The third-order valence-electron chi connectivity index (χ3n) is 3.00. The smallest absolute Gasteiger partial charge is 0.297 e. The molecule has 0 aliphatic heterocycles. The molecule has 0 bridgehead atoms. The Hall–Kier alpha value is -1.54. The molecule has 23 heavy (non-hydrogen) atoms. The van der Waals surface area contributed by atoms with Crippen molar-refractivity contribution in [2.45, 2.75) is 22.8 Å². The summed E-state index contributed by atoms with van der Waals surface area (Å²) in [5.41, 5.74) is 0.953. The van der Waals surface area contributed by atoms with Crippen LogP contribution in [-0.2, 0) is 14.3 Å². The first kappa shape index (κ1) is 17.8. The zero-order valence-electron chi connectivity index (χ0n) is 12.5. The Morgan fingerprint density at radius 2 is 1.70 bits per heavy atom. The summed E-state index contributed by atoms with van der Waals surface area (Å²) in [6.45, 7) is 1.56. The molecule has 1 unspecified atom stereocenters. The van der Waals surface area contributed by atoms with E-state index >= 15 is 0 Å². The van der Waals surface area contributed by atoms with Crippen LogP contribution in [0.25, 0.3) is 0 Å². The standard InChI is InChI=1S/C16H18O5S2/c1-12-2-8-16(9-3-12)23(19,20)21-10-14(18)11-22-15-6-4-13(17)5-7-15/h2-9,14,17-18H,10-11H2,1H3. The van der Waals surface area contributed by atoms with Crippen LogP contribution in [0.4, 0.5) is 0 Å². The van der Waals surface area contributed by atoms with Gasteiger partial charge in [0.1, 0.15) is 5.75 Å². The van der Waals surface area contributed by atoms with E-state index in [9.17, 15) is 18.6 Å². The summed E-state index contributed by atoms with van der Waals surface area (Å²) in [6.07, 6.45) is -0.922. The van der Waals surface area contributed by atoms with Crippen LogP contribution in [0.5, 0.6) is 5.75 Å². The first-order valence-corrected chi connectivity index (χ1v) is 9.32. The van der Waals surface area contributed by atoms with Crippen LogP contribution in [0.1, 0.15) is 5.56 Å².